The van der Waals surface area contributed by atoms with E-state index in [0.717, 1.165) is 5.56 Å². The number of carbonyl (C=O) groups excluding carboxylic acids is 2. The number of thiophene rings is 1. The molecule has 196 valence electrons. The zero-order valence-electron chi connectivity index (χ0n) is 20.7. The minimum atomic E-state index is -0.519. The van der Waals surface area contributed by atoms with Crippen molar-refractivity contribution in [3.8, 4) is 28.0 Å². The molecule has 0 bridgehead atoms. The van der Waals surface area contributed by atoms with Crippen LogP contribution in [0.5, 0.6) is 5.75 Å². The van der Waals surface area contributed by atoms with Gasteiger partial charge in [0.25, 0.3) is 5.91 Å². The topological polar surface area (TPSA) is 94.8 Å². The number of anilines is 1. The third kappa shape index (κ3) is 5.57. The number of esters is 1. The van der Waals surface area contributed by atoms with Gasteiger partial charge in [-0.15, -0.1) is 11.3 Å². The smallest absolute Gasteiger partial charge is 0.341 e. The second kappa shape index (κ2) is 11.6. The van der Waals surface area contributed by atoms with Crippen molar-refractivity contribution in [1.29, 1.82) is 0 Å². The molecule has 39 heavy (non-hydrogen) atoms. The first-order valence-corrected chi connectivity index (χ1v) is 13.3. The molecule has 0 radical (unpaired) electrons. The van der Waals surface area contributed by atoms with Crippen LogP contribution in [-0.4, -0.2) is 25.1 Å². The van der Waals surface area contributed by atoms with Crippen LogP contribution >= 0.6 is 22.9 Å². The van der Waals surface area contributed by atoms with Crippen LogP contribution in [0.2, 0.25) is 5.02 Å². The molecule has 5 rings (SSSR count). The Kier molecular flexibility index (Phi) is 7.76. The van der Waals surface area contributed by atoms with Gasteiger partial charge in [-0.2, -0.15) is 0 Å². The minimum Gasteiger partial charge on any atom is -0.484 e. The minimum absolute atomic E-state index is 0.206. The number of carbonyl (C=O) groups is 2. The zero-order chi connectivity index (χ0) is 27.4. The van der Waals surface area contributed by atoms with Crippen molar-refractivity contribution >= 4 is 50.8 Å². The number of hydrogen-bond donors (Lipinski definition) is 1. The van der Waals surface area contributed by atoms with Crippen LogP contribution in [0.15, 0.2) is 93.7 Å². The van der Waals surface area contributed by atoms with Gasteiger partial charge in [-0.25, -0.2) is 4.79 Å². The Labute approximate surface area is 232 Å². The zero-order valence-corrected chi connectivity index (χ0v) is 22.3. The van der Waals surface area contributed by atoms with Gasteiger partial charge in [0.05, 0.1) is 17.6 Å². The van der Waals surface area contributed by atoms with E-state index in [-0.39, 0.29) is 18.6 Å². The van der Waals surface area contributed by atoms with Crippen LogP contribution in [0.25, 0.3) is 33.2 Å². The number of rotatable bonds is 8. The Balaban J connectivity index is 1.32. The van der Waals surface area contributed by atoms with Gasteiger partial charge in [0, 0.05) is 27.6 Å². The van der Waals surface area contributed by atoms with Crippen molar-refractivity contribution in [1.82, 2.24) is 0 Å². The van der Waals surface area contributed by atoms with Crippen LogP contribution < -0.4 is 15.5 Å². The van der Waals surface area contributed by atoms with Crippen molar-refractivity contribution in [3.05, 3.63) is 105 Å². The molecule has 0 aliphatic heterocycles. The van der Waals surface area contributed by atoms with Crippen molar-refractivity contribution in [2.45, 2.75) is 6.92 Å². The van der Waals surface area contributed by atoms with Gasteiger partial charge in [0.2, 0.25) is 5.43 Å². The largest absolute Gasteiger partial charge is 0.484 e. The molecule has 1 N–H and O–H groups in total. The predicted molar refractivity (Wildman–Crippen MR) is 153 cm³/mol. The molecule has 0 fully saturated rings. The van der Waals surface area contributed by atoms with E-state index in [2.05, 4.69) is 5.32 Å². The third-order valence-corrected chi connectivity index (χ3v) is 7.11. The van der Waals surface area contributed by atoms with E-state index in [9.17, 15) is 14.4 Å². The van der Waals surface area contributed by atoms with Crippen LogP contribution in [0.4, 0.5) is 5.00 Å². The summed E-state index contributed by atoms with van der Waals surface area (Å²) in [4.78, 5) is 38.5. The van der Waals surface area contributed by atoms with Gasteiger partial charge < -0.3 is 19.2 Å². The molecule has 0 saturated heterocycles. The van der Waals surface area contributed by atoms with E-state index in [0.29, 0.717) is 49.0 Å². The highest BCUT2D eigenvalue weighted by Crippen LogP contribution is 2.36. The van der Waals surface area contributed by atoms with Crippen LogP contribution in [-0.2, 0) is 9.53 Å². The average molecular weight is 560 g/mol. The first kappa shape index (κ1) is 26.2. The van der Waals surface area contributed by atoms with Gasteiger partial charge in [-0.05, 0) is 30.7 Å². The van der Waals surface area contributed by atoms with Gasteiger partial charge in [0.1, 0.15) is 28.2 Å². The summed E-state index contributed by atoms with van der Waals surface area (Å²) in [7, 11) is 0. The lowest BCUT2D eigenvalue weighted by atomic mass is 10.0. The van der Waals surface area contributed by atoms with Gasteiger partial charge in [-0.3, -0.25) is 9.59 Å². The molecular formula is C30H22ClNO6S. The summed E-state index contributed by atoms with van der Waals surface area (Å²) in [6.45, 7) is 1.60. The standard InChI is InChI=1S/C30H22ClNO6S/c1-2-36-30(35)27-23(18-8-4-3-5-9-18)17-39-29(27)32-26(33)16-37-19-12-13-21-25(14-19)38-15-22(28(21)34)20-10-6-7-11-24(20)31/h3-15,17H,2,16H2,1H3,(H,32,33). The molecule has 0 aliphatic rings. The molecule has 0 unspecified atom stereocenters. The highest BCUT2D eigenvalue weighted by molar-refractivity contribution is 7.15. The molecule has 7 nitrogen and oxygen atoms in total. The third-order valence-electron chi connectivity index (χ3n) is 5.89. The number of hydrogen-bond acceptors (Lipinski definition) is 7. The van der Waals surface area contributed by atoms with Crippen LogP contribution in [0.1, 0.15) is 17.3 Å². The Morgan fingerprint density at radius 3 is 2.51 bits per heavy atom. The van der Waals surface area contributed by atoms with Crippen molar-refractivity contribution < 1.29 is 23.5 Å². The molecule has 1 amide bonds. The molecule has 5 aromatic rings. The fourth-order valence-electron chi connectivity index (χ4n) is 4.06. The second-order valence-electron chi connectivity index (χ2n) is 8.39. The summed E-state index contributed by atoms with van der Waals surface area (Å²) in [5.41, 5.74) is 2.82. The predicted octanol–water partition coefficient (Wildman–Crippen LogP) is 7.04. The summed E-state index contributed by atoms with van der Waals surface area (Å²) in [6, 6.07) is 21.1. The first-order valence-electron chi connectivity index (χ1n) is 12.0. The number of fused-ring (bicyclic) bond motifs is 1. The van der Waals surface area contributed by atoms with Gasteiger partial charge in [0.15, 0.2) is 6.61 Å². The molecule has 0 saturated carbocycles. The molecule has 0 spiro atoms. The molecule has 3 aromatic carbocycles. The monoisotopic (exact) mass is 559 g/mol. The summed E-state index contributed by atoms with van der Waals surface area (Å²) in [5.74, 6) is -0.639. The van der Waals surface area contributed by atoms with E-state index in [1.807, 2.05) is 30.3 Å². The fraction of sp³-hybridized carbons (Fsp3) is 0.100. The maximum absolute atomic E-state index is 13.0. The molecule has 2 aromatic heterocycles. The summed E-state index contributed by atoms with van der Waals surface area (Å²) < 4.78 is 16.6. The lowest BCUT2D eigenvalue weighted by molar-refractivity contribution is -0.118. The van der Waals surface area contributed by atoms with Crippen molar-refractivity contribution in [3.63, 3.8) is 0 Å². The van der Waals surface area contributed by atoms with E-state index < -0.39 is 11.9 Å². The normalized spacial score (nSPS) is 10.8. The molecule has 0 aliphatic carbocycles. The van der Waals surface area contributed by atoms with Crippen LogP contribution in [0.3, 0.4) is 0 Å². The fourth-order valence-corrected chi connectivity index (χ4v) is 5.27. The van der Waals surface area contributed by atoms with Crippen molar-refractivity contribution in [2.24, 2.45) is 0 Å². The van der Waals surface area contributed by atoms with Crippen LogP contribution in [0, 0.1) is 0 Å². The molecule has 2 heterocycles. The quantitative estimate of drug-likeness (QED) is 0.205. The maximum Gasteiger partial charge on any atom is 0.341 e. The lowest BCUT2D eigenvalue weighted by Gasteiger charge is -2.10. The number of amides is 1. The van der Waals surface area contributed by atoms with Gasteiger partial charge >= 0.3 is 5.97 Å². The highest BCUT2D eigenvalue weighted by atomic mass is 35.5. The first-order chi connectivity index (χ1) is 19.0. The highest BCUT2D eigenvalue weighted by Gasteiger charge is 2.23. The maximum atomic E-state index is 13.0. The summed E-state index contributed by atoms with van der Waals surface area (Å²) >= 11 is 7.48. The Bertz CT molecular complexity index is 1730. The summed E-state index contributed by atoms with van der Waals surface area (Å²) in [6.07, 6.45) is 1.36. The Hall–Kier alpha value is -4.40. The van der Waals surface area contributed by atoms with E-state index in [1.165, 1.54) is 17.6 Å². The lowest BCUT2D eigenvalue weighted by Crippen LogP contribution is -2.21. The molecule has 9 heteroatoms. The second-order valence-corrected chi connectivity index (χ2v) is 9.68. The Morgan fingerprint density at radius 2 is 1.74 bits per heavy atom. The Morgan fingerprint density at radius 1 is 0.974 bits per heavy atom. The number of benzene rings is 3. The van der Waals surface area contributed by atoms with Gasteiger partial charge in [-0.1, -0.05) is 60.1 Å². The number of nitrogens with one attached hydrogen (secondary N) is 1. The van der Waals surface area contributed by atoms with E-state index in [1.54, 1.807) is 54.8 Å². The molecular weight excluding hydrogens is 538 g/mol. The molecule has 0 atom stereocenters. The number of ether oxygens (including phenoxy) is 2. The van der Waals surface area contributed by atoms with Crippen molar-refractivity contribution in [2.75, 3.05) is 18.5 Å². The van der Waals surface area contributed by atoms with E-state index >= 15 is 0 Å². The van der Waals surface area contributed by atoms with E-state index in [4.69, 9.17) is 25.5 Å². The summed E-state index contributed by atoms with van der Waals surface area (Å²) in [5, 5.41) is 5.74. The SMILES string of the molecule is CCOC(=O)c1c(-c2ccccc2)csc1NC(=O)COc1ccc2c(=O)c(-c3ccccc3Cl)coc2c1. The average Bonchev–Trinajstić information content (AvgIpc) is 3.37. The number of halogens is 1.